The zero-order valence-corrected chi connectivity index (χ0v) is 52.6. The molecule has 1 unspecified atom stereocenters. The quantitative estimate of drug-likeness (QED) is 0.0261. The molecule has 0 fully saturated rings. The summed E-state index contributed by atoms with van der Waals surface area (Å²) < 4.78 is 16.8. The molecule has 0 saturated carbocycles. The Bertz CT molecular complexity index is 2030. The van der Waals surface area contributed by atoms with Crippen molar-refractivity contribution in [1.29, 1.82) is 0 Å². The summed E-state index contributed by atoms with van der Waals surface area (Å²) in [4.78, 5) is 38.3. The third-order valence-electron chi connectivity index (χ3n) is 12.8. The van der Waals surface area contributed by atoms with Crippen LogP contribution in [0, 0.1) is 0 Å². The molecule has 6 heteroatoms. The number of carbonyl (C=O) groups is 3. The van der Waals surface area contributed by atoms with Crippen molar-refractivity contribution in [1.82, 2.24) is 0 Å². The van der Waals surface area contributed by atoms with Crippen LogP contribution in [0.3, 0.4) is 0 Å². The van der Waals surface area contributed by atoms with Crippen molar-refractivity contribution < 1.29 is 28.6 Å². The lowest BCUT2D eigenvalue weighted by atomic mass is 10.0. The molecule has 0 aliphatic rings. The van der Waals surface area contributed by atoms with E-state index < -0.39 is 6.10 Å². The summed E-state index contributed by atoms with van der Waals surface area (Å²) >= 11 is 0. The summed E-state index contributed by atoms with van der Waals surface area (Å²) in [5.41, 5.74) is 0. The zero-order valence-electron chi connectivity index (χ0n) is 52.6. The molecule has 0 aliphatic carbocycles. The first kappa shape index (κ1) is 77.0. The van der Waals surface area contributed by atoms with Gasteiger partial charge in [-0.3, -0.25) is 14.4 Å². The van der Waals surface area contributed by atoms with Crippen molar-refractivity contribution in [3.05, 3.63) is 207 Å². The maximum Gasteiger partial charge on any atom is 0.306 e. The molecule has 0 aliphatic heterocycles. The molecule has 0 radical (unpaired) electrons. The van der Waals surface area contributed by atoms with Gasteiger partial charge in [0.2, 0.25) is 0 Å². The van der Waals surface area contributed by atoms with Gasteiger partial charge in [0.05, 0.1) is 0 Å². The Morgan fingerprint density at radius 1 is 0.241 bits per heavy atom. The summed E-state index contributed by atoms with van der Waals surface area (Å²) in [7, 11) is 0. The molecule has 83 heavy (non-hydrogen) atoms. The first-order valence-corrected chi connectivity index (χ1v) is 32.6. The van der Waals surface area contributed by atoms with E-state index in [1.807, 2.05) is 12.2 Å². The number of allylic oxidation sites excluding steroid dienone is 34. The minimum atomic E-state index is -0.847. The monoisotopic (exact) mass is 1140 g/mol. The van der Waals surface area contributed by atoms with Crippen molar-refractivity contribution in [3.63, 3.8) is 0 Å². The molecule has 0 aromatic heterocycles. The van der Waals surface area contributed by atoms with Crippen LogP contribution in [0.4, 0.5) is 0 Å². The van der Waals surface area contributed by atoms with E-state index in [1.165, 1.54) is 44.9 Å². The largest absolute Gasteiger partial charge is 0.462 e. The first-order valence-electron chi connectivity index (χ1n) is 32.6. The van der Waals surface area contributed by atoms with Gasteiger partial charge < -0.3 is 14.2 Å². The van der Waals surface area contributed by atoms with Gasteiger partial charge in [-0.15, -0.1) is 0 Å². The molecule has 0 N–H and O–H groups in total. The highest BCUT2D eigenvalue weighted by molar-refractivity contribution is 5.71. The normalized spacial score (nSPS) is 13.5. The molecule has 460 valence electrons. The zero-order chi connectivity index (χ0) is 59.9. The Morgan fingerprint density at radius 2 is 0.470 bits per heavy atom. The maximum absolute atomic E-state index is 12.9. The third-order valence-corrected chi connectivity index (χ3v) is 12.8. The highest BCUT2D eigenvalue weighted by Crippen LogP contribution is 2.14. The van der Waals surface area contributed by atoms with Crippen LogP contribution in [0.2, 0.25) is 0 Å². The van der Waals surface area contributed by atoms with Crippen LogP contribution in [0.15, 0.2) is 207 Å². The number of rotatable bonds is 56. The Hall–Kier alpha value is -6.01. The van der Waals surface area contributed by atoms with Crippen LogP contribution < -0.4 is 0 Å². The second-order valence-corrected chi connectivity index (χ2v) is 20.5. The molecule has 1 atom stereocenters. The van der Waals surface area contributed by atoms with E-state index in [0.29, 0.717) is 12.8 Å². The minimum absolute atomic E-state index is 0.143. The predicted octanol–water partition coefficient (Wildman–Crippen LogP) is 22.8. The third kappa shape index (κ3) is 66.7. The second kappa shape index (κ2) is 68.5. The highest BCUT2D eigenvalue weighted by atomic mass is 16.6. The molecule has 0 rings (SSSR count). The van der Waals surface area contributed by atoms with Crippen molar-refractivity contribution in [2.24, 2.45) is 0 Å². The Balaban J connectivity index is 4.52. The van der Waals surface area contributed by atoms with Crippen LogP contribution in [0.25, 0.3) is 0 Å². The van der Waals surface area contributed by atoms with Crippen LogP contribution >= 0.6 is 0 Å². The molecular formula is C77H116O6. The van der Waals surface area contributed by atoms with E-state index in [9.17, 15) is 14.4 Å². The van der Waals surface area contributed by atoms with Gasteiger partial charge in [0.25, 0.3) is 0 Å². The maximum atomic E-state index is 12.9. The lowest BCUT2D eigenvalue weighted by Crippen LogP contribution is -2.30. The molecule has 0 spiro atoms. The number of unbranched alkanes of at least 4 members (excludes halogenated alkanes) is 11. The summed E-state index contributed by atoms with van der Waals surface area (Å²) in [5, 5.41) is 0. The standard InChI is InChI=1S/C77H116O6/c1-4-7-10-13-16-19-22-25-27-29-31-33-35-36-37-38-39-40-42-43-45-47-49-52-55-58-61-64-67-70-76(79)82-73-74(72-81-75(78)69-66-63-60-57-54-51-24-21-18-15-12-9-6-3)83-77(80)71-68-65-62-59-56-53-50-48-46-44-41-34-32-30-28-26-23-20-17-14-11-8-5-2/h7-12,16-21,25-28,31-34,36-37,39-40,43,45,49,51-52,54,58,60-61,63,74H,4-6,13-15,22-24,29-30,35,38,41-42,44,46-48,50,53,55-57,59,62,64-73H2,1-3H3/b10-7-,11-8-,12-9-,19-16-,20-17-,21-18-,27-25-,28-26-,33-31-,34-32-,37-36-,40-39-,45-43-,52-49-,54-51-,61-58-,63-60-. The second-order valence-electron chi connectivity index (χ2n) is 20.5. The fraction of sp³-hybridized carbons (Fsp3) is 0.519. The van der Waals surface area contributed by atoms with Crippen molar-refractivity contribution in [2.75, 3.05) is 13.2 Å². The van der Waals surface area contributed by atoms with Gasteiger partial charge in [-0.05, 0) is 148 Å². The van der Waals surface area contributed by atoms with Gasteiger partial charge in [0.15, 0.2) is 6.10 Å². The smallest absolute Gasteiger partial charge is 0.306 e. The average molecular weight is 1140 g/mol. The van der Waals surface area contributed by atoms with Crippen molar-refractivity contribution in [2.45, 2.75) is 245 Å². The van der Waals surface area contributed by atoms with Gasteiger partial charge in [0.1, 0.15) is 13.2 Å². The van der Waals surface area contributed by atoms with Gasteiger partial charge in [0, 0.05) is 19.3 Å². The Labute approximate surface area is 509 Å². The summed E-state index contributed by atoms with van der Waals surface area (Å²) in [5.74, 6) is -1.09. The summed E-state index contributed by atoms with van der Waals surface area (Å²) in [6.07, 6.45) is 106. The molecular weight excluding hydrogens is 1020 g/mol. The van der Waals surface area contributed by atoms with E-state index in [4.69, 9.17) is 14.2 Å². The van der Waals surface area contributed by atoms with E-state index in [2.05, 4.69) is 215 Å². The fourth-order valence-electron chi connectivity index (χ4n) is 8.04. The number of hydrogen-bond donors (Lipinski definition) is 0. The number of esters is 3. The van der Waals surface area contributed by atoms with Gasteiger partial charge >= 0.3 is 17.9 Å². The molecule has 0 aromatic carbocycles. The lowest BCUT2D eigenvalue weighted by molar-refractivity contribution is -0.166. The summed E-state index contributed by atoms with van der Waals surface area (Å²) in [6, 6.07) is 0. The van der Waals surface area contributed by atoms with Crippen LogP contribution in [-0.2, 0) is 28.6 Å². The highest BCUT2D eigenvalue weighted by Gasteiger charge is 2.19. The van der Waals surface area contributed by atoms with Crippen LogP contribution in [0.5, 0.6) is 0 Å². The van der Waals surface area contributed by atoms with E-state index in [1.54, 1.807) is 0 Å². The number of ether oxygens (including phenoxy) is 3. The van der Waals surface area contributed by atoms with Crippen molar-refractivity contribution >= 4 is 17.9 Å². The lowest BCUT2D eigenvalue weighted by Gasteiger charge is -2.18. The Morgan fingerprint density at radius 3 is 0.783 bits per heavy atom. The van der Waals surface area contributed by atoms with E-state index in [-0.39, 0.29) is 50.4 Å². The summed E-state index contributed by atoms with van der Waals surface area (Å²) in [6.45, 7) is 6.16. The SMILES string of the molecule is CC/C=C\C/C=C\C/C=C\C/C=C\C/C=C\C/C=C\C/C=C\C/C=C\C/C=C\CCCC(=O)OCC(COC(=O)CC/C=C\C/C=C\C/C=C\C/C=C\CC)OC(=O)CCCCCCCCCCCC/C=C\C/C=C\C/C=C\C/C=C\CC. The van der Waals surface area contributed by atoms with E-state index in [0.717, 1.165) is 141 Å². The molecule has 0 aromatic rings. The number of carbonyl (C=O) groups excluding carboxylic acids is 3. The Kier molecular flexibility index (Phi) is 63.5. The average Bonchev–Trinajstić information content (AvgIpc) is 3.49. The number of hydrogen-bond acceptors (Lipinski definition) is 6. The van der Waals surface area contributed by atoms with E-state index >= 15 is 0 Å². The van der Waals surface area contributed by atoms with Crippen LogP contribution in [0.1, 0.15) is 239 Å². The first-order chi connectivity index (χ1) is 41.0. The van der Waals surface area contributed by atoms with Crippen molar-refractivity contribution in [3.8, 4) is 0 Å². The molecule has 0 bridgehead atoms. The predicted molar refractivity (Wildman–Crippen MR) is 361 cm³/mol. The molecule has 0 amide bonds. The van der Waals surface area contributed by atoms with Gasteiger partial charge in [-0.2, -0.15) is 0 Å². The van der Waals surface area contributed by atoms with Crippen LogP contribution in [-0.4, -0.2) is 37.2 Å². The molecule has 0 saturated heterocycles. The molecule has 6 nitrogen and oxygen atoms in total. The molecule has 0 heterocycles. The fourth-order valence-corrected chi connectivity index (χ4v) is 8.04. The van der Waals surface area contributed by atoms with Gasteiger partial charge in [-0.1, -0.05) is 279 Å². The topological polar surface area (TPSA) is 78.9 Å². The minimum Gasteiger partial charge on any atom is -0.462 e. The van der Waals surface area contributed by atoms with Gasteiger partial charge in [-0.25, -0.2) is 0 Å².